The predicted octanol–water partition coefficient (Wildman–Crippen LogP) is 4.86. The summed E-state index contributed by atoms with van der Waals surface area (Å²) < 4.78 is 13.5. The minimum Gasteiger partial charge on any atom is -0.345 e. The number of rotatable bonds is 4. The molecule has 0 saturated carbocycles. The Hall–Kier alpha value is -3.35. The van der Waals surface area contributed by atoms with Crippen LogP contribution in [-0.2, 0) is 6.54 Å². The van der Waals surface area contributed by atoms with Crippen molar-refractivity contribution in [3.05, 3.63) is 89.3 Å². The fourth-order valence-corrected chi connectivity index (χ4v) is 5.99. The monoisotopic (exact) mass is 469 g/mol. The molecule has 0 atom stereocenters. The van der Waals surface area contributed by atoms with E-state index in [-0.39, 0.29) is 5.82 Å². The molecule has 4 nitrogen and oxygen atoms in total. The summed E-state index contributed by atoms with van der Waals surface area (Å²) in [5.74, 6) is 0.770. The number of halogens is 1. The first-order chi connectivity index (χ1) is 16.7. The first kappa shape index (κ1) is 21.2. The Bertz CT molecular complexity index is 1470. The largest absolute Gasteiger partial charge is 0.345 e. The minimum absolute atomic E-state index is 0.222. The van der Waals surface area contributed by atoms with Crippen LogP contribution < -0.4 is 9.80 Å². The second-order valence-electron chi connectivity index (χ2n) is 9.03. The number of anilines is 1. The van der Waals surface area contributed by atoms with Crippen molar-refractivity contribution in [2.75, 3.05) is 31.1 Å². The molecule has 0 spiro atoms. The van der Waals surface area contributed by atoms with Gasteiger partial charge in [0.15, 0.2) is 0 Å². The molecule has 0 amide bonds. The van der Waals surface area contributed by atoms with Gasteiger partial charge in [0, 0.05) is 16.5 Å². The van der Waals surface area contributed by atoms with Crippen LogP contribution in [0.5, 0.6) is 0 Å². The average molecular weight is 470 g/mol. The number of quaternary nitrogens is 1. The predicted molar refractivity (Wildman–Crippen MR) is 138 cm³/mol. The van der Waals surface area contributed by atoms with Crippen LogP contribution in [-0.4, -0.2) is 36.1 Å². The van der Waals surface area contributed by atoms with E-state index in [4.69, 9.17) is 4.98 Å². The van der Waals surface area contributed by atoms with Gasteiger partial charge in [0.1, 0.15) is 29.3 Å². The molecule has 1 saturated heterocycles. The van der Waals surface area contributed by atoms with Crippen molar-refractivity contribution in [2.24, 2.45) is 0 Å². The van der Waals surface area contributed by atoms with Crippen molar-refractivity contribution >= 4 is 38.1 Å². The summed E-state index contributed by atoms with van der Waals surface area (Å²) >= 11 is 1.62. The van der Waals surface area contributed by atoms with Gasteiger partial charge in [-0.3, -0.25) is 0 Å². The van der Waals surface area contributed by atoms with E-state index in [0.29, 0.717) is 0 Å². The third-order valence-electron chi connectivity index (χ3n) is 6.98. The summed E-state index contributed by atoms with van der Waals surface area (Å²) in [6.07, 6.45) is 1.67. The molecule has 1 aliphatic heterocycles. The molecule has 0 radical (unpaired) electrons. The standard InChI is InChI=1S/C28H25FN4S/c1-19-6-7-20-4-2-3-5-23(20)24(19)16-32-12-14-33(15-13-32)27-26-25(17-34-28(26)31-18-30-27)21-8-10-22(29)11-9-21/h2-11,17-18H,12-16H2,1H3/p+1. The van der Waals surface area contributed by atoms with Crippen LogP contribution >= 0.6 is 11.3 Å². The SMILES string of the molecule is Cc1ccc2ccccc2c1C[NH+]1CCN(c2ncnc3scc(-c4ccc(F)cc4)c23)CC1. The molecule has 0 bridgehead atoms. The summed E-state index contributed by atoms with van der Waals surface area (Å²) in [6, 6.07) is 19.9. The molecule has 34 heavy (non-hydrogen) atoms. The number of benzene rings is 3. The molecule has 0 unspecified atom stereocenters. The minimum atomic E-state index is -0.222. The number of aromatic nitrogens is 2. The molecule has 2 aromatic heterocycles. The smallest absolute Gasteiger partial charge is 0.141 e. The van der Waals surface area contributed by atoms with Gasteiger partial charge in [-0.15, -0.1) is 11.3 Å². The van der Waals surface area contributed by atoms with Crippen LogP contribution in [0.1, 0.15) is 11.1 Å². The molecule has 0 aliphatic carbocycles. The molecular weight excluding hydrogens is 443 g/mol. The molecule has 170 valence electrons. The van der Waals surface area contributed by atoms with E-state index >= 15 is 0 Å². The maximum Gasteiger partial charge on any atom is 0.141 e. The fraction of sp³-hybridized carbons (Fsp3) is 0.214. The quantitative estimate of drug-likeness (QED) is 0.408. The molecule has 1 fully saturated rings. The highest BCUT2D eigenvalue weighted by atomic mass is 32.1. The van der Waals surface area contributed by atoms with Gasteiger partial charge in [-0.05, 0) is 41.0 Å². The van der Waals surface area contributed by atoms with Gasteiger partial charge in [0.05, 0.1) is 31.6 Å². The van der Waals surface area contributed by atoms with Crippen LogP contribution in [0.3, 0.4) is 0 Å². The summed E-state index contributed by atoms with van der Waals surface area (Å²) in [7, 11) is 0. The maximum absolute atomic E-state index is 13.5. The Morgan fingerprint density at radius 1 is 0.971 bits per heavy atom. The van der Waals surface area contributed by atoms with E-state index in [1.54, 1.807) is 22.6 Å². The number of nitrogens with one attached hydrogen (secondary N) is 1. The van der Waals surface area contributed by atoms with Gasteiger partial charge in [0.2, 0.25) is 0 Å². The van der Waals surface area contributed by atoms with E-state index < -0.39 is 0 Å². The second kappa shape index (κ2) is 8.78. The van der Waals surface area contributed by atoms with Gasteiger partial charge in [0.25, 0.3) is 0 Å². The topological polar surface area (TPSA) is 33.5 Å². The normalized spacial score (nSPS) is 14.8. The van der Waals surface area contributed by atoms with Crippen LogP contribution in [0.2, 0.25) is 0 Å². The van der Waals surface area contributed by atoms with Gasteiger partial charge in [-0.25, -0.2) is 14.4 Å². The van der Waals surface area contributed by atoms with Gasteiger partial charge in [-0.1, -0.05) is 48.5 Å². The third kappa shape index (κ3) is 3.83. The number of fused-ring (bicyclic) bond motifs is 2. The zero-order chi connectivity index (χ0) is 23.1. The zero-order valence-corrected chi connectivity index (χ0v) is 19.9. The Balaban J connectivity index is 1.25. The second-order valence-corrected chi connectivity index (χ2v) is 9.89. The van der Waals surface area contributed by atoms with Crippen molar-refractivity contribution in [1.29, 1.82) is 0 Å². The van der Waals surface area contributed by atoms with E-state index in [1.165, 1.54) is 34.0 Å². The van der Waals surface area contributed by atoms with Crippen molar-refractivity contribution < 1.29 is 9.29 Å². The van der Waals surface area contributed by atoms with Crippen LogP contribution in [0.4, 0.5) is 10.2 Å². The van der Waals surface area contributed by atoms with Crippen LogP contribution in [0.25, 0.3) is 32.1 Å². The third-order valence-corrected chi connectivity index (χ3v) is 7.86. The molecule has 3 aromatic carbocycles. The first-order valence-corrected chi connectivity index (χ1v) is 12.6. The lowest BCUT2D eigenvalue weighted by molar-refractivity contribution is -0.914. The number of hydrogen-bond donors (Lipinski definition) is 1. The molecule has 5 aromatic rings. The molecular formula is C28H26FN4S+. The number of piperazine rings is 1. The van der Waals surface area contributed by atoms with Crippen LogP contribution in [0.15, 0.2) is 72.4 Å². The lowest BCUT2D eigenvalue weighted by atomic mass is 9.99. The van der Waals surface area contributed by atoms with E-state index in [9.17, 15) is 4.39 Å². The number of hydrogen-bond acceptors (Lipinski definition) is 4. The van der Waals surface area contributed by atoms with Gasteiger partial charge < -0.3 is 9.80 Å². The van der Waals surface area contributed by atoms with Crippen molar-refractivity contribution in [3.63, 3.8) is 0 Å². The Morgan fingerprint density at radius 2 is 1.76 bits per heavy atom. The van der Waals surface area contributed by atoms with Crippen molar-refractivity contribution in [2.45, 2.75) is 13.5 Å². The van der Waals surface area contributed by atoms with Crippen LogP contribution in [0, 0.1) is 12.7 Å². The lowest BCUT2D eigenvalue weighted by Gasteiger charge is -2.33. The molecule has 1 N–H and O–H groups in total. The maximum atomic E-state index is 13.5. The zero-order valence-electron chi connectivity index (χ0n) is 19.1. The van der Waals surface area contributed by atoms with Crippen molar-refractivity contribution in [1.82, 2.24) is 9.97 Å². The Morgan fingerprint density at radius 3 is 2.59 bits per heavy atom. The fourth-order valence-electron chi connectivity index (χ4n) is 5.08. The van der Waals surface area contributed by atoms with Crippen molar-refractivity contribution in [3.8, 4) is 11.1 Å². The average Bonchev–Trinajstić information content (AvgIpc) is 3.31. The first-order valence-electron chi connectivity index (χ1n) is 11.7. The number of thiophene rings is 1. The summed E-state index contributed by atoms with van der Waals surface area (Å²) in [6.45, 7) is 7.28. The van der Waals surface area contributed by atoms with Gasteiger partial charge in [-0.2, -0.15) is 0 Å². The molecule has 6 heteroatoms. The summed E-state index contributed by atoms with van der Waals surface area (Å²) in [5.41, 5.74) is 4.91. The van der Waals surface area contributed by atoms with Gasteiger partial charge >= 0.3 is 0 Å². The van der Waals surface area contributed by atoms with E-state index in [1.807, 2.05) is 12.1 Å². The Kier molecular flexibility index (Phi) is 5.47. The summed E-state index contributed by atoms with van der Waals surface area (Å²) in [4.78, 5) is 14.2. The summed E-state index contributed by atoms with van der Waals surface area (Å²) in [5, 5.41) is 5.88. The number of aryl methyl sites for hydroxylation is 1. The molecule has 1 aliphatic rings. The Labute approximate surface area is 202 Å². The number of nitrogens with zero attached hydrogens (tertiary/aromatic N) is 3. The van der Waals surface area contributed by atoms with E-state index in [0.717, 1.165) is 59.9 Å². The highest BCUT2D eigenvalue weighted by Gasteiger charge is 2.25. The highest BCUT2D eigenvalue weighted by molar-refractivity contribution is 7.17. The highest BCUT2D eigenvalue weighted by Crippen LogP contribution is 2.37. The molecule has 3 heterocycles. The van der Waals surface area contributed by atoms with E-state index in [2.05, 4.69) is 58.6 Å². The lowest BCUT2D eigenvalue weighted by Crippen LogP contribution is -3.13. The molecule has 6 rings (SSSR count).